The van der Waals surface area contributed by atoms with Gasteiger partial charge in [0, 0.05) is 16.9 Å². The Kier molecular flexibility index (Phi) is 3.01. The first-order chi connectivity index (χ1) is 9.47. The summed E-state index contributed by atoms with van der Waals surface area (Å²) in [6.45, 7) is 0. The Morgan fingerprint density at radius 3 is 2.30 bits per heavy atom. The van der Waals surface area contributed by atoms with E-state index in [2.05, 4.69) is 0 Å². The summed E-state index contributed by atoms with van der Waals surface area (Å²) in [7, 11) is 0. The maximum absolute atomic E-state index is 12.3. The van der Waals surface area contributed by atoms with Gasteiger partial charge in [0.05, 0.1) is 11.3 Å². The third kappa shape index (κ3) is 1.98. The van der Waals surface area contributed by atoms with Crippen LogP contribution in [0.25, 0.3) is 0 Å². The fourth-order valence-corrected chi connectivity index (χ4v) is 3.21. The van der Waals surface area contributed by atoms with Gasteiger partial charge >= 0.3 is 5.97 Å². The van der Waals surface area contributed by atoms with Crippen LogP contribution in [0.5, 0.6) is 0 Å². The summed E-state index contributed by atoms with van der Waals surface area (Å²) >= 11 is 5.88. The lowest BCUT2D eigenvalue weighted by Crippen LogP contribution is -2.46. The Labute approximate surface area is 120 Å². The number of piperidine rings is 1. The third-order valence-electron chi connectivity index (χ3n) is 3.96. The van der Waals surface area contributed by atoms with Crippen LogP contribution in [-0.4, -0.2) is 22.9 Å². The van der Waals surface area contributed by atoms with E-state index < -0.39 is 5.97 Å². The Morgan fingerprint density at radius 2 is 1.75 bits per heavy atom. The molecule has 0 spiro atoms. The van der Waals surface area contributed by atoms with Crippen LogP contribution in [0.3, 0.4) is 0 Å². The standard InChI is InChI=1S/C14H12ClNO4/c15-10-4-9(14(19)20)5-11(6-10)16-12(17)7-1-2-8(3-7)13(16)18/h4-8H,1-3H2,(H,19,20). The van der Waals surface area contributed by atoms with Gasteiger partial charge in [0.1, 0.15) is 0 Å². The van der Waals surface area contributed by atoms with Crippen molar-refractivity contribution in [2.45, 2.75) is 19.3 Å². The molecule has 104 valence electrons. The number of aromatic carboxylic acids is 1. The molecule has 1 aromatic rings. The van der Waals surface area contributed by atoms with E-state index in [4.69, 9.17) is 16.7 Å². The molecule has 1 saturated carbocycles. The minimum Gasteiger partial charge on any atom is -0.478 e. The van der Waals surface area contributed by atoms with E-state index in [-0.39, 0.29) is 39.9 Å². The molecule has 20 heavy (non-hydrogen) atoms. The molecule has 5 nitrogen and oxygen atoms in total. The van der Waals surface area contributed by atoms with Crippen LogP contribution >= 0.6 is 11.6 Å². The molecule has 1 N–H and O–H groups in total. The van der Waals surface area contributed by atoms with Gasteiger partial charge in [-0.1, -0.05) is 11.6 Å². The highest BCUT2D eigenvalue weighted by molar-refractivity contribution is 6.31. The monoisotopic (exact) mass is 293 g/mol. The summed E-state index contributed by atoms with van der Waals surface area (Å²) in [6, 6.07) is 4.06. The van der Waals surface area contributed by atoms with E-state index in [1.165, 1.54) is 18.2 Å². The van der Waals surface area contributed by atoms with Crippen molar-refractivity contribution in [3.63, 3.8) is 0 Å². The van der Waals surface area contributed by atoms with Crippen LogP contribution in [0, 0.1) is 11.8 Å². The number of hydrogen-bond acceptors (Lipinski definition) is 3. The van der Waals surface area contributed by atoms with Crippen molar-refractivity contribution >= 4 is 35.1 Å². The number of benzene rings is 1. The van der Waals surface area contributed by atoms with E-state index in [0.717, 1.165) is 17.7 Å². The summed E-state index contributed by atoms with van der Waals surface area (Å²) in [6.07, 6.45) is 2.05. The maximum atomic E-state index is 12.3. The highest BCUT2D eigenvalue weighted by atomic mass is 35.5. The molecular weight excluding hydrogens is 282 g/mol. The van der Waals surface area contributed by atoms with Crippen LogP contribution in [0.4, 0.5) is 5.69 Å². The van der Waals surface area contributed by atoms with E-state index in [9.17, 15) is 14.4 Å². The quantitative estimate of drug-likeness (QED) is 0.849. The Hall–Kier alpha value is -1.88. The fraction of sp³-hybridized carbons (Fsp3) is 0.357. The van der Waals surface area contributed by atoms with Crippen LogP contribution in [0.15, 0.2) is 18.2 Å². The topological polar surface area (TPSA) is 74.7 Å². The predicted octanol–water partition coefficient (Wildman–Crippen LogP) is 2.33. The van der Waals surface area contributed by atoms with Gasteiger partial charge in [-0.3, -0.25) is 14.5 Å². The van der Waals surface area contributed by atoms with Gasteiger partial charge in [-0.25, -0.2) is 4.79 Å². The highest BCUT2D eigenvalue weighted by Crippen LogP contribution is 2.40. The smallest absolute Gasteiger partial charge is 0.335 e. The van der Waals surface area contributed by atoms with E-state index in [0.29, 0.717) is 6.42 Å². The first kappa shape index (κ1) is 13.1. The van der Waals surface area contributed by atoms with Gasteiger partial charge in [0.15, 0.2) is 0 Å². The van der Waals surface area contributed by atoms with Crippen LogP contribution in [0.2, 0.25) is 5.02 Å². The molecule has 2 unspecified atom stereocenters. The SMILES string of the molecule is O=C(O)c1cc(Cl)cc(N2C(=O)C3CCC(C3)C2=O)c1. The average molecular weight is 294 g/mol. The second kappa shape index (κ2) is 4.59. The number of imide groups is 1. The summed E-state index contributed by atoms with van der Waals surface area (Å²) in [4.78, 5) is 36.7. The summed E-state index contributed by atoms with van der Waals surface area (Å²) < 4.78 is 0. The summed E-state index contributed by atoms with van der Waals surface area (Å²) in [5.74, 6) is -1.91. The predicted molar refractivity (Wildman–Crippen MR) is 71.7 cm³/mol. The van der Waals surface area contributed by atoms with Gasteiger partial charge in [0.2, 0.25) is 11.8 Å². The number of carboxylic acids is 1. The molecular formula is C14H12ClNO4. The lowest BCUT2D eigenvalue weighted by atomic mass is 9.96. The summed E-state index contributed by atoms with van der Waals surface area (Å²) in [5.41, 5.74) is 0.215. The Balaban J connectivity index is 2.06. The average Bonchev–Trinajstić information content (AvgIpc) is 2.83. The van der Waals surface area contributed by atoms with Crippen molar-refractivity contribution in [1.29, 1.82) is 0 Å². The van der Waals surface area contributed by atoms with E-state index in [1.54, 1.807) is 0 Å². The molecule has 1 heterocycles. The van der Waals surface area contributed by atoms with Gasteiger partial charge in [0.25, 0.3) is 0 Å². The number of halogens is 1. The van der Waals surface area contributed by atoms with Crippen LogP contribution < -0.4 is 4.90 Å². The van der Waals surface area contributed by atoms with Crippen molar-refractivity contribution in [2.24, 2.45) is 11.8 Å². The highest BCUT2D eigenvalue weighted by Gasteiger charge is 2.45. The van der Waals surface area contributed by atoms with Crippen molar-refractivity contribution in [3.8, 4) is 0 Å². The molecule has 3 rings (SSSR count). The normalized spacial score (nSPS) is 25.1. The first-order valence-electron chi connectivity index (χ1n) is 6.39. The molecule has 1 aliphatic heterocycles. The molecule has 2 aliphatic rings. The number of fused-ring (bicyclic) bond motifs is 2. The molecule has 2 bridgehead atoms. The number of rotatable bonds is 2. The fourth-order valence-electron chi connectivity index (χ4n) is 2.99. The maximum Gasteiger partial charge on any atom is 0.335 e. The molecule has 0 aromatic heterocycles. The first-order valence-corrected chi connectivity index (χ1v) is 6.77. The van der Waals surface area contributed by atoms with Gasteiger partial charge < -0.3 is 5.11 Å². The second-order valence-electron chi connectivity index (χ2n) is 5.22. The van der Waals surface area contributed by atoms with E-state index in [1.807, 2.05) is 0 Å². The van der Waals surface area contributed by atoms with Crippen LogP contribution in [-0.2, 0) is 9.59 Å². The molecule has 2 fully saturated rings. The number of hydrogen-bond donors (Lipinski definition) is 1. The Morgan fingerprint density at radius 1 is 1.15 bits per heavy atom. The van der Waals surface area contributed by atoms with Crippen LogP contribution in [0.1, 0.15) is 29.6 Å². The van der Waals surface area contributed by atoms with Crippen molar-refractivity contribution < 1.29 is 19.5 Å². The number of carbonyl (C=O) groups is 3. The van der Waals surface area contributed by atoms with Gasteiger partial charge in [-0.2, -0.15) is 0 Å². The van der Waals surface area contributed by atoms with Gasteiger partial charge in [-0.15, -0.1) is 0 Å². The van der Waals surface area contributed by atoms with Gasteiger partial charge in [-0.05, 0) is 37.5 Å². The molecule has 1 aliphatic carbocycles. The number of amides is 2. The zero-order valence-electron chi connectivity index (χ0n) is 10.5. The molecule has 1 saturated heterocycles. The zero-order chi connectivity index (χ0) is 14.4. The lowest BCUT2D eigenvalue weighted by molar-refractivity contribution is -0.133. The van der Waals surface area contributed by atoms with Crippen molar-refractivity contribution in [2.75, 3.05) is 4.90 Å². The second-order valence-corrected chi connectivity index (χ2v) is 5.66. The molecule has 6 heteroatoms. The number of nitrogens with zero attached hydrogens (tertiary/aromatic N) is 1. The molecule has 2 amide bonds. The molecule has 0 radical (unpaired) electrons. The Bertz CT molecular complexity index is 606. The number of carboxylic acid groups (broad SMARTS) is 1. The van der Waals surface area contributed by atoms with Crippen molar-refractivity contribution in [1.82, 2.24) is 0 Å². The number of carbonyl (C=O) groups excluding carboxylic acids is 2. The number of anilines is 1. The lowest BCUT2D eigenvalue weighted by Gasteiger charge is -2.29. The summed E-state index contributed by atoms with van der Waals surface area (Å²) in [5, 5.41) is 9.23. The molecule has 1 aromatic carbocycles. The third-order valence-corrected chi connectivity index (χ3v) is 4.18. The minimum absolute atomic E-state index is 0.0361. The van der Waals surface area contributed by atoms with Crippen molar-refractivity contribution in [3.05, 3.63) is 28.8 Å². The van der Waals surface area contributed by atoms with E-state index >= 15 is 0 Å². The zero-order valence-corrected chi connectivity index (χ0v) is 11.3. The molecule has 2 atom stereocenters. The largest absolute Gasteiger partial charge is 0.478 e. The minimum atomic E-state index is -1.14.